The summed E-state index contributed by atoms with van der Waals surface area (Å²) in [7, 11) is 1.56. The Labute approximate surface area is 153 Å². The third-order valence-electron chi connectivity index (χ3n) is 5.83. The van der Waals surface area contributed by atoms with Gasteiger partial charge in [0, 0.05) is 31.8 Å². The Balaban J connectivity index is 1.62. The fourth-order valence-electron chi connectivity index (χ4n) is 4.17. The molecule has 2 atom stereocenters. The van der Waals surface area contributed by atoms with Crippen LogP contribution in [-0.4, -0.2) is 42.1 Å². The van der Waals surface area contributed by atoms with Gasteiger partial charge < -0.3 is 14.7 Å². The van der Waals surface area contributed by atoms with Crippen LogP contribution in [0.1, 0.15) is 44.1 Å². The molecule has 1 saturated carbocycles. The molecule has 1 amide bonds. The van der Waals surface area contributed by atoms with E-state index in [1.807, 2.05) is 0 Å². The normalized spacial score (nSPS) is 25.5. The van der Waals surface area contributed by atoms with Crippen LogP contribution in [-0.2, 0) is 15.3 Å². The number of piperidine rings is 1. The summed E-state index contributed by atoms with van der Waals surface area (Å²) in [5.41, 5.74) is -0.867. The van der Waals surface area contributed by atoms with Gasteiger partial charge in [-0.25, -0.2) is 4.39 Å². The maximum atomic E-state index is 15.4. The van der Waals surface area contributed by atoms with Gasteiger partial charge in [0.15, 0.2) is 0 Å². The van der Waals surface area contributed by atoms with Crippen molar-refractivity contribution in [2.45, 2.75) is 44.2 Å². The van der Waals surface area contributed by atoms with Crippen LogP contribution < -0.4 is 4.74 Å². The number of aliphatic carboxylic acids is 1. The van der Waals surface area contributed by atoms with E-state index in [-0.39, 0.29) is 24.7 Å². The minimum Gasteiger partial charge on any atom is -0.497 e. The predicted octanol–water partition coefficient (Wildman–Crippen LogP) is 3.37. The molecule has 0 bridgehead atoms. The summed E-state index contributed by atoms with van der Waals surface area (Å²) in [6, 6.07) is 7.04. The number of hydrogen-bond donors (Lipinski definition) is 1. The van der Waals surface area contributed by atoms with Gasteiger partial charge in [-0.3, -0.25) is 9.59 Å². The minimum absolute atomic E-state index is 0.0105. The summed E-state index contributed by atoms with van der Waals surface area (Å²) < 4.78 is 20.6. The summed E-state index contributed by atoms with van der Waals surface area (Å²) in [5.74, 6) is -0.876. The second-order valence-corrected chi connectivity index (χ2v) is 7.42. The lowest BCUT2D eigenvalue weighted by molar-refractivity contribution is -0.146. The van der Waals surface area contributed by atoms with Crippen LogP contribution in [0.5, 0.6) is 5.75 Å². The number of likely N-dealkylation sites (tertiary alicyclic amines) is 1. The number of rotatable bonds is 4. The summed E-state index contributed by atoms with van der Waals surface area (Å²) in [6.07, 6.45) is 3.04. The van der Waals surface area contributed by atoms with Gasteiger partial charge in [-0.1, -0.05) is 18.6 Å². The van der Waals surface area contributed by atoms with Gasteiger partial charge in [0.25, 0.3) is 0 Å². The van der Waals surface area contributed by atoms with Crippen LogP contribution in [0, 0.1) is 11.8 Å². The lowest BCUT2D eigenvalue weighted by Crippen LogP contribution is -2.46. The predicted molar refractivity (Wildman–Crippen MR) is 94.7 cm³/mol. The Bertz CT molecular complexity index is 670. The number of alkyl halides is 1. The first-order valence-corrected chi connectivity index (χ1v) is 9.28. The highest BCUT2D eigenvalue weighted by Crippen LogP contribution is 2.39. The van der Waals surface area contributed by atoms with Crippen molar-refractivity contribution in [1.82, 2.24) is 4.90 Å². The molecule has 2 fully saturated rings. The molecule has 142 valence electrons. The molecule has 1 N–H and O–H groups in total. The number of halogens is 1. The third-order valence-corrected chi connectivity index (χ3v) is 5.83. The Morgan fingerprint density at radius 1 is 1.23 bits per heavy atom. The Hall–Kier alpha value is -2.11. The highest BCUT2D eigenvalue weighted by atomic mass is 19.1. The molecule has 5 nitrogen and oxygen atoms in total. The molecule has 1 aromatic carbocycles. The zero-order chi connectivity index (χ0) is 18.7. The van der Waals surface area contributed by atoms with Crippen molar-refractivity contribution in [3.05, 3.63) is 29.8 Å². The molecule has 1 aromatic rings. The summed E-state index contributed by atoms with van der Waals surface area (Å²) in [4.78, 5) is 25.7. The molecule has 0 aromatic heterocycles. The lowest BCUT2D eigenvalue weighted by Gasteiger charge is -2.39. The van der Waals surface area contributed by atoms with E-state index in [1.54, 1.807) is 36.3 Å². The van der Waals surface area contributed by atoms with E-state index in [1.165, 1.54) is 0 Å². The number of hydrogen-bond acceptors (Lipinski definition) is 3. The van der Waals surface area contributed by atoms with Crippen molar-refractivity contribution in [2.75, 3.05) is 20.2 Å². The Morgan fingerprint density at radius 2 is 1.92 bits per heavy atom. The zero-order valence-electron chi connectivity index (χ0n) is 15.1. The average Bonchev–Trinajstić information content (AvgIpc) is 2.68. The first-order valence-electron chi connectivity index (χ1n) is 9.28. The molecule has 0 radical (unpaired) electrons. The fourth-order valence-corrected chi connectivity index (χ4v) is 4.17. The Kier molecular flexibility index (Phi) is 5.49. The van der Waals surface area contributed by atoms with Crippen molar-refractivity contribution in [3.63, 3.8) is 0 Å². The first-order chi connectivity index (χ1) is 12.4. The second-order valence-electron chi connectivity index (χ2n) is 7.42. The van der Waals surface area contributed by atoms with Gasteiger partial charge in [-0.2, -0.15) is 0 Å². The highest BCUT2D eigenvalue weighted by molar-refractivity contribution is 5.80. The molecule has 3 rings (SSSR count). The Morgan fingerprint density at radius 3 is 2.58 bits per heavy atom. The maximum Gasteiger partial charge on any atom is 0.306 e. The van der Waals surface area contributed by atoms with E-state index in [4.69, 9.17) is 4.74 Å². The van der Waals surface area contributed by atoms with Gasteiger partial charge in [0.2, 0.25) is 5.91 Å². The molecule has 2 unspecified atom stereocenters. The molecule has 1 aliphatic carbocycles. The number of carbonyl (C=O) groups excluding carboxylic acids is 1. The smallest absolute Gasteiger partial charge is 0.306 e. The second kappa shape index (κ2) is 7.64. The quantitative estimate of drug-likeness (QED) is 0.891. The van der Waals surface area contributed by atoms with E-state index in [0.29, 0.717) is 37.2 Å². The average molecular weight is 363 g/mol. The van der Waals surface area contributed by atoms with E-state index in [2.05, 4.69) is 0 Å². The molecule has 1 aliphatic heterocycles. The van der Waals surface area contributed by atoms with Crippen molar-refractivity contribution >= 4 is 11.9 Å². The number of carboxylic acid groups (broad SMARTS) is 1. The van der Waals surface area contributed by atoms with Crippen molar-refractivity contribution < 1.29 is 23.8 Å². The zero-order valence-corrected chi connectivity index (χ0v) is 15.1. The minimum atomic E-state index is -1.46. The van der Waals surface area contributed by atoms with Crippen LogP contribution in [0.2, 0.25) is 0 Å². The number of nitrogens with zero attached hydrogens (tertiary/aromatic N) is 1. The largest absolute Gasteiger partial charge is 0.497 e. The van der Waals surface area contributed by atoms with E-state index < -0.39 is 17.6 Å². The highest BCUT2D eigenvalue weighted by Gasteiger charge is 2.40. The number of ether oxygens (including phenoxy) is 1. The first kappa shape index (κ1) is 18.7. The molecular formula is C20H26FNO4. The summed E-state index contributed by atoms with van der Waals surface area (Å²) >= 11 is 0. The third kappa shape index (κ3) is 3.84. The topological polar surface area (TPSA) is 66.8 Å². The van der Waals surface area contributed by atoms with E-state index in [0.717, 1.165) is 12.8 Å². The van der Waals surface area contributed by atoms with Crippen LogP contribution in [0.4, 0.5) is 4.39 Å². The lowest BCUT2D eigenvalue weighted by atomic mass is 9.80. The molecule has 26 heavy (non-hydrogen) atoms. The summed E-state index contributed by atoms with van der Waals surface area (Å²) in [6.45, 7) is 0.724. The van der Waals surface area contributed by atoms with Crippen LogP contribution >= 0.6 is 0 Å². The molecule has 6 heteroatoms. The van der Waals surface area contributed by atoms with Gasteiger partial charge in [-0.15, -0.1) is 0 Å². The number of methoxy groups -OCH3 is 1. The number of carbonyl (C=O) groups is 2. The molecule has 1 heterocycles. The van der Waals surface area contributed by atoms with Gasteiger partial charge in [0.1, 0.15) is 11.4 Å². The van der Waals surface area contributed by atoms with Crippen molar-refractivity contribution in [1.29, 1.82) is 0 Å². The van der Waals surface area contributed by atoms with Crippen LogP contribution in [0.3, 0.4) is 0 Å². The van der Waals surface area contributed by atoms with Crippen LogP contribution in [0.25, 0.3) is 0 Å². The molecular weight excluding hydrogens is 337 g/mol. The maximum absolute atomic E-state index is 15.4. The monoisotopic (exact) mass is 363 g/mol. The van der Waals surface area contributed by atoms with E-state index in [9.17, 15) is 14.7 Å². The van der Waals surface area contributed by atoms with Crippen LogP contribution in [0.15, 0.2) is 24.3 Å². The number of amides is 1. The number of benzene rings is 1. The standard InChI is InChI=1S/C20H26FNO4/c1-26-17-7-3-6-16(13-17)20(21)8-10-22(11-9-20)18(23)14-4-2-5-15(12-14)19(24)25/h3,6-7,13-15H,2,4-5,8-12H2,1H3,(H,24,25). The molecule has 1 saturated heterocycles. The fraction of sp³-hybridized carbons (Fsp3) is 0.600. The van der Waals surface area contributed by atoms with Crippen molar-refractivity contribution in [2.24, 2.45) is 11.8 Å². The summed E-state index contributed by atoms with van der Waals surface area (Å²) in [5, 5.41) is 9.20. The molecule has 2 aliphatic rings. The SMILES string of the molecule is COc1cccc(C2(F)CCN(C(=O)C3CCCC(C(=O)O)C3)CC2)c1. The van der Waals surface area contributed by atoms with Crippen molar-refractivity contribution in [3.8, 4) is 5.75 Å². The van der Waals surface area contributed by atoms with Gasteiger partial charge >= 0.3 is 5.97 Å². The number of carboxylic acids is 1. The molecule has 0 spiro atoms. The van der Waals surface area contributed by atoms with E-state index >= 15 is 4.39 Å². The van der Waals surface area contributed by atoms with Gasteiger partial charge in [-0.05, 0) is 37.0 Å². The van der Waals surface area contributed by atoms with Gasteiger partial charge in [0.05, 0.1) is 13.0 Å².